The van der Waals surface area contributed by atoms with Crippen molar-refractivity contribution in [1.29, 1.82) is 0 Å². The van der Waals surface area contributed by atoms with Gasteiger partial charge in [0.15, 0.2) is 0 Å². The fourth-order valence-electron chi connectivity index (χ4n) is 19.1. The number of aromatic hydroxyl groups is 1. The van der Waals surface area contributed by atoms with Crippen LogP contribution in [0, 0.1) is 54.1 Å². The van der Waals surface area contributed by atoms with Gasteiger partial charge in [-0.05, 0) is 157 Å². The summed E-state index contributed by atoms with van der Waals surface area (Å²) < 4.78 is 7.81. The average molecular weight is 1490 g/mol. The maximum Gasteiger partial charge on any atom is 0.287 e. The van der Waals surface area contributed by atoms with Crippen molar-refractivity contribution in [1.82, 2.24) is 48.9 Å². The Morgan fingerprint density at radius 3 is 0.990 bits per heavy atom. The summed E-state index contributed by atoms with van der Waals surface area (Å²) >= 11 is 30.4. The van der Waals surface area contributed by atoms with Crippen LogP contribution in [0.3, 0.4) is 0 Å². The Balaban J connectivity index is 0.000000197. The molecule has 24 heteroatoms. The minimum absolute atomic E-state index is 0.0643. The van der Waals surface area contributed by atoms with Crippen molar-refractivity contribution in [2.24, 2.45) is 54.1 Å². The molecule has 5 aliphatic rings. The van der Waals surface area contributed by atoms with Crippen molar-refractivity contribution in [2.45, 2.75) is 278 Å². The molecule has 0 atom stereocenters. The maximum atomic E-state index is 12.6. The Morgan fingerprint density at radius 2 is 0.680 bits per heavy atom. The number of hydrogen-bond donors (Lipinski definition) is 3. The molecule has 0 aliphatic heterocycles. The molecule has 5 heterocycles. The van der Waals surface area contributed by atoms with Crippen LogP contribution in [0.4, 0.5) is 17.1 Å². The van der Waals surface area contributed by atoms with Gasteiger partial charge >= 0.3 is 0 Å². The van der Waals surface area contributed by atoms with Gasteiger partial charge in [0.1, 0.15) is 25.8 Å². The summed E-state index contributed by atoms with van der Waals surface area (Å²) in [6.45, 7) is 48.0. The van der Waals surface area contributed by atoms with Gasteiger partial charge in [-0.25, -0.2) is 23.4 Å². The van der Waals surface area contributed by atoms with E-state index in [1.807, 2.05) is 19.0 Å². The van der Waals surface area contributed by atoms with E-state index in [4.69, 9.17) is 58.0 Å². The van der Waals surface area contributed by atoms with Crippen molar-refractivity contribution in [3.63, 3.8) is 0 Å². The molecule has 5 fully saturated rings. The third-order valence-electron chi connectivity index (χ3n) is 20.2. The second-order valence-corrected chi connectivity index (χ2v) is 39.7. The van der Waals surface area contributed by atoms with E-state index >= 15 is 0 Å². The number of halogens is 5. The highest BCUT2D eigenvalue weighted by molar-refractivity contribution is 6.41. The lowest BCUT2D eigenvalue weighted by Gasteiger charge is -2.45. The molecule has 5 aromatic rings. The number of hydrogen-bond acceptors (Lipinski definition) is 14. The summed E-state index contributed by atoms with van der Waals surface area (Å²) in [5.74, 6) is -0.0643. The summed E-state index contributed by atoms with van der Waals surface area (Å²) in [5, 5.41) is 37.7. The van der Waals surface area contributed by atoms with Gasteiger partial charge in [0, 0.05) is 33.8 Å². The van der Waals surface area contributed by atoms with Crippen molar-refractivity contribution in [3.8, 4) is 5.75 Å². The Hall–Kier alpha value is -4.95. The fraction of sp³-hybridized carbons (Fsp3) is 0.737. The molecule has 0 saturated heterocycles. The molecule has 0 unspecified atom stereocenters. The maximum absolute atomic E-state index is 12.6. The van der Waals surface area contributed by atoms with E-state index < -0.39 is 0 Å². The van der Waals surface area contributed by atoms with Gasteiger partial charge in [-0.2, -0.15) is 25.5 Å². The van der Waals surface area contributed by atoms with Gasteiger partial charge in [-0.3, -0.25) is 24.0 Å². The molecule has 0 aromatic carbocycles. The van der Waals surface area contributed by atoms with E-state index in [0.717, 1.165) is 109 Å². The van der Waals surface area contributed by atoms with E-state index in [9.17, 15) is 29.1 Å². The molecule has 5 saturated carbocycles. The van der Waals surface area contributed by atoms with Gasteiger partial charge in [-0.1, -0.05) is 203 Å². The molecular formula is C76H120Cl5N13O6. The Labute approximate surface area is 620 Å². The van der Waals surface area contributed by atoms with Gasteiger partial charge < -0.3 is 20.6 Å². The first-order chi connectivity index (χ1) is 45.6. The Bertz CT molecular complexity index is 3890. The normalized spacial score (nSPS) is 21.8. The lowest BCUT2D eigenvalue weighted by atomic mass is 9.63. The number of rotatable bonds is 10. The van der Waals surface area contributed by atoms with E-state index in [1.54, 1.807) is 39.7 Å². The monoisotopic (exact) mass is 1490 g/mol. The first-order valence-electron chi connectivity index (χ1n) is 35.7. The molecule has 0 amide bonds. The minimum Gasteiger partial charge on any atom is -0.506 e. The Morgan fingerprint density at radius 1 is 0.410 bits per heavy atom. The lowest BCUT2D eigenvalue weighted by Crippen LogP contribution is -2.39. The molecule has 100 heavy (non-hydrogen) atoms. The standard InChI is InChI=1S/C17H28ClN3O.C16H26ClN3O.C15H24ClN3O.C14H20Cl2N2O.C14H22N2O2/c1-6-7-19-13-10-20-21(15(22)14(13)18)12-8-16(2,3)11-17(4,5)9-12;1-15(2)7-11(8-16(3,4)10-15)20-14(21)13(17)12(9-18-20)19(5)6;1-14(2)6-10(7-15(3,4)9-14)19-13(20)12(16)11(17-5)8-18-19;1-13(2)5-9(6-14(3,4)8-13)18-12(19)11(16)10(15)7-17-18;1-13(2)6-10(7-14(3,4)9-13)16-12(18)5-11(17)8-15-16/h10,12,19H,6-9,11H2,1-5H3;9,11H,7-8,10H2,1-6H3;8,10,17H,6-7,9H2,1-5H3;7,9H,5-6,8H2,1-4H3;5,8,10,17H,6-7,9H2,1-4H3. The van der Waals surface area contributed by atoms with Crippen LogP contribution in [0.5, 0.6) is 5.75 Å². The highest BCUT2D eigenvalue weighted by Crippen LogP contribution is 2.54. The van der Waals surface area contributed by atoms with Crippen LogP contribution in [-0.2, 0) is 0 Å². The van der Waals surface area contributed by atoms with Gasteiger partial charge in [-0.15, -0.1) is 0 Å². The second-order valence-electron chi connectivity index (χ2n) is 37.8. The first kappa shape index (κ1) is 84.0. The number of nitrogens with one attached hydrogen (secondary N) is 2. The van der Waals surface area contributed by atoms with Crippen LogP contribution in [0.25, 0.3) is 0 Å². The molecule has 19 nitrogen and oxygen atoms in total. The van der Waals surface area contributed by atoms with Crippen LogP contribution in [0.2, 0.25) is 25.1 Å². The highest BCUT2D eigenvalue weighted by atomic mass is 35.5. The molecule has 10 rings (SSSR count). The molecule has 5 aliphatic carbocycles. The SMILES string of the molecule is CC1(C)CC(n2ncc(Cl)c(Cl)c2=O)CC(C)(C)C1.CC1(C)CC(n2ncc(O)cc2=O)CC(C)(C)C1.CCCNc1cnn(C2CC(C)(C)CC(C)(C)C2)c(=O)c1Cl.CN(C)c1cnn(C2CC(C)(C)CC(C)(C)C2)c(=O)c1Cl.CNc1cnn(C2CC(C)(C)CC(C)(C)C2)c(=O)c1Cl. The van der Waals surface area contributed by atoms with Crippen molar-refractivity contribution < 1.29 is 5.11 Å². The number of anilines is 3. The summed E-state index contributed by atoms with van der Waals surface area (Å²) in [7, 11) is 5.46. The summed E-state index contributed by atoms with van der Waals surface area (Å²) in [6.07, 6.45) is 24.1. The van der Waals surface area contributed by atoms with E-state index in [2.05, 4.69) is 182 Å². The van der Waals surface area contributed by atoms with Crippen LogP contribution in [0.1, 0.15) is 278 Å². The summed E-state index contributed by atoms with van der Waals surface area (Å²) in [5.41, 5.74) is 2.91. The predicted octanol–water partition coefficient (Wildman–Crippen LogP) is 19.0. The molecule has 560 valence electrons. The highest BCUT2D eigenvalue weighted by Gasteiger charge is 2.45. The van der Waals surface area contributed by atoms with E-state index in [0.29, 0.717) is 17.1 Å². The predicted molar refractivity (Wildman–Crippen MR) is 414 cm³/mol. The van der Waals surface area contributed by atoms with Crippen molar-refractivity contribution in [2.75, 3.05) is 43.2 Å². The zero-order chi connectivity index (χ0) is 75.6. The van der Waals surface area contributed by atoms with Crippen molar-refractivity contribution >= 4 is 75.1 Å². The topological polar surface area (TPSA) is 222 Å². The van der Waals surface area contributed by atoms with Crippen LogP contribution in [0.15, 0.2) is 61.0 Å². The van der Waals surface area contributed by atoms with Crippen LogP contribution >= 0.6 is 58.0 Å². The molecule has 0 radical (unpaired) electrons. The number of aromatic nitrogens is 10. The molecule has 0 bridgehead atoms. The zero-order valence-electron chi connectivity index (χ0n) is 64.7. The molecule has 0 spiro atoms. The summed E-state index contributed by atoms with van der Waals surface area (Å²) in [6, 6.07) is 1.79. The number of nitrogens with zero attached hydrogens (tertiary/aromatic N) is 11. The third-order valence-corrected chi connectivity index (χ3v) is 22.1. The van der Waals surface area contributed by atoms with Gasteiger partial charge in [0.05, 0.1) is 83.3 Å². The molecule has 3 N–H and O–H groups in total. The molecular weight excluding hydrogens is 1370 g/mol. The van der Waals surface area contributed by atoms with E-state index in [-0.39, 0.29) is 143 Å². The largest absolute Gasteiger partial charge is 0.506 e. The van der Waals surface area contributed by atoms with Gasteiger partial charge in [0.25, 0.3) is 27.8 Å². The smallest absolute Gasteiger partial charge is 0.287 e. The van der Waals surface area contributed by atoms with Crippen LogP contribution in [-0.4, -0.2) is 81.7 Å². The fourth-order valence-corrected chi connectivity index (χ4v) is 20.1. The molecule has 5 aromatic heterocycles. The quantitative estimate of drug-likeness (QED) is 0.118. The van der Waals surface area contributed by atoms with Crippen molar-refractivity contribution in [3.05, 3.63) is 114 Å². The summed E-state index contributed by atoms with van der Waals surface area (Å²) in [4.78, 5) is 63.5. The second kappa shape index (κ2) is 31.8. The third kappa shape index (κ3) is 22.8. The lowest BCUT2D eigenvalue weighted by molar-refractivity contribution is 0.0647. The van der Waals surface area contributed by atoms with Crippen LogP contribution < -0.4 is 43.3 Å². The van der Waals surface area contributed by atoms with Gasteiger partial charge in [0.2, 0.25) is 0 Å². The minimum atomic E-state index is -0.285. The average Bonchev–Trinajstić information content (AvgIpc) is 0.799. The first-order valence-corrected chi connectivity index (χ1v) is 37.6. The zero-order valence-corrected chi connectivity index (χ0v) is 68.4. The Kier molecular flexibility index (Phi) is 26.7. The van der Waals surface area contributed by atoms with E-state index in [1.165, 1.54) is 27.8 Å².